The van der Waals surface area contributed by atoms with Gasteiger partial charge < -0.3 is 19.2 Å². The van der Waals surface area contributed by atoms with Crippen LogP contribution in [0.1, 0.15) is 55.6 Å². The fourth-order valence-electron chi connectivity index (χ4n) is 5.17. The summed E-state index contributed by atoms with van der Waals surface area (Å²) in [5.41, 5.74) is 1.04. The highest BCUT2D eigenvalue weighted by molar-refractivity contribution is 6.02. The number of nitrogens with one attached hydrogen (secondary N) is 1. The maximum Gasteiger partial charge on any atom is 0.271 e. The van der Waals surface area contributed by atoms with Crippen LogP contribution in [0.4, 0.5) is 4.39 Å². The third-order valence-corrected chi connectivity index (χ3v) is 7.25. The molecule has 2 aliphatic rings. The fourth-order valence-corrected chi connectivity index (χ4v) is 5.17. The summed E-state index contributed by atoms with van der Waals surface area (Å²) in [7, 11) is 0. The average Bonchev–Trinajstić information content (AvgIpc) is 3.36. The Morgan fingerprint density at radius 3 is 2.81 bits per heavy atom. The van der Waals surface area contributed by atoms with E-state index in [0.29, 0.717) is 22.8 Å². The Morgan fingerprint density at radius 1 is 1.25 bits per heavy atom. The van der Waals surface area contributed by atoms with Crippen molar-refractivity contribution in [3.63, 3.8) is 0 Å². The van der Waals surface area contributed by atoms with Crippen LogP contribution in [0.2, 0.25) is 0 Å². The number of halogens is 1. The summed E-state index contributed by atoms with van der Waals surface area (Å²) in [5.74, 6) is -0.505. The Labute approximate surface area is 186 Å². The van der Waals surface area contributed by atoms with Crippen LogP contribution in [0, 0.1) is 11.7 Å². The number of carbonyl (C=O) groups is 2. The number of benzene rings is 1. The third kappa shape index (κ3) is 3.31. The molecule has 1 fully saturated rings. The number of nitrogens with zero attached hydrogens (tertiary/aromatic N) is 2. The topological polar surface area (TPSA) is 67.5 Å². The van der Waals surface area contributed by atoms with Gasteiger partial charge in [0.2, 0.25) is 5.91 Å². The first-order valence-corrected chi connectivity index (χ1v) is 11.3. The molecule has 168 valence electrons. The van der Waals surface area contributed by atoms with Gasteiger partial charge in [0, 0.05) is 23.7 Å². The smallest absolute Gasteiger partial charge is 0.271 e. The molecule has 1 aromatic carbocycles. The van der Waals surface area contributed by atoms with Crippen LogP contribution >= 0.6 is 0 Å². The van der Waals surface area contributed by atoms with Crippen molar-refractivity contribution in [2.45, 2.75) is 64.2 Å². The number of amides is 2. The Morgan fingerprint density at radius 2 is 2.03 bits per heavy atom. The van der Waals surface area contributed by atoms with Crippen LogP contribution in [-0.4, -0.2) is 32.9 Å². The molecule has 6 nitrogen and oxygen atoms in total. The minimum atomic E-state index is -1.17. The molecule has 2 amide bonds. The summed E-state index contributed by atoms with van der Waals surface area (Å²) in [6.45, 7) is 4.23. The van der Waals surface area contributed by atoms with E-state index in [4.69, 9.17) is 4.42 Å². The lowest BCUT2D eigenvalue weighted by atomic mass is 9.85. The lowest BCUT2D eigenvalue weighted by Crippen LogP contribution is -2.65. The first kappa shape index (κ1) is 20.8. The van der Waals surface area contributed by atoms with Crippen molar-refractivity contribution in [3.05, 3.63) is 59.7 Å². The summed E-state index contributed by atoms with van der Waals surface area (Å²) >= 11 is 0. The zero-order valence-corrected chi connectivity index (χ0v) is 18.4. The summed E-state index contributed by atoms with van der Waals surface area (Å²) in [6, 6.07) is 9.98. The molecule has 0 bridgehead atoms. The number of rotatable bonds is 4. The number of fused-ring (bicyclic) bond motifs is 3. The van der Waals surface area contributed by atoms with Gasteiger partial charge in [0.15, 0.2) is 5.58 Å². The molecule has 7 heteroatoms. The van der Waals surface area contributed by atoms with Crippen LogP contribution < -0.4 is 5.32 Å². The standard InChI is InChI=1S/C25H28FN3O3/c1-16-7-3-6-10-19(16)27-24(31)25(2)15-28-20-11-12-32-22(20)13-21(28)23(30)29(25)14-17-8-4-5-9-18(17)26/h4-5,8-9,11-13,16,19H,3,6-7,10,14-15H2,1-2H3,(H,27,31)/t16-,19+,25-/m1/s1. The SMILES string of the molecule is C[C@@H]1CCCC[C@@H]1NC(=O)[C@@]1(C)Cn2c(cc3occc32)C(=O)N1Cc1ccccc1F. The van der Waals surface area contributed by atoms with Gasteiger partial charge in [-0.1, -0.05) is 38.0 Å². The number of carbonyl (C=O) groups excluding carboxylic acids is 2. The van der Waals surface area contributed by atoms with E-state index in [-0.39, 0.29) is 30.9 Å². The van der Waals surface area contributed by atoms with Crippen LogP contribution in [0.15, 0.2) is 47.1 Å². The molecule has 3 atom stereocenters. The van der Waals surface area contributed by atoms with Crippen LogP contribution in [0.5, 0.6) is 0 Å². The highest BCUT2D eigenvalue weighted by Gasteiger charge is 2.48. The van der Waals surface area contributed by atoms with Gasteiger partial charge in [-0.25, -0.2) is 4.39 Å². The van der Waals surface area contributed by atoms with Crippen LogP contribution in [0.3, 0.4) is 0 Å². The molecule has 32 heavy (non-hydrogen) atoms. The predicted octanol–water partition coefficient (Wildman–Crippen LogP) is 4.48. The van der Waals surface area contributed by atoms with Gasteiger partial charge in [0.25, 0.3) is 5.91 Å². The van der Waals surface area contributed by atoms with Crippen molar-refractivity contribution in [2.24, 2.45) is 5.92 Å². The number of hydrogen-bond donors (Lipinski definition) is 1. The lowest BCUT2D eigenvalue weighted by Gasteiger charge is -2.45. The monoisotopic (exact) mass is 437 g/mol. The zero-order chi connectivity index (χ0) is 22.5. The maximum atomic E-state index is 14.5. The van der Waals surface area contributed by atoms with Crippen molar-refractivity contribution in [2.75, 3.05) is 0 Å². The molecule has 3 aromatic rings. The third-order valence-electron chi connectivity index (χ3n) is 7.25. The van der Waals surface area contributed by atoms with E-state index in [2.05, 4.69) is 12.2 Å². The molecule has 1 aliphatic carbocycles. The van der Waals surface area contributed by atoms with Gasteiger partial charge in [-0.05, 0) is 31.7 Å². The Balaban J connectivity index is 1.54. The first-order valence-electron chi connectivity index (χ1n) is 11.3. The van der Waals surface area contributed by atoms with E-state index in [1.165, 1.54) is 17.4 Å². The molecule has 0 saturated heterocycles. The van der Waals surface area contributed by atoms with Crippen LogP contribution in [0.25, 0.3) is 11.1 Å². The zero-order valence-electron chi connectivity index (χ0n) is 18.4. The summed E-state index contributed by atoms with van der Waals surface area (Å²) in [6.07, 6.45) is 5.85. The van der Waals surface area contributed by atoms with E-state index in [1.807, 2.05) is 4.57 Å². The normalized spacial score (nSPS) is 25.7. The summed E-state index contributed by atoms with van der Waals surface area (Å²) < 4.78 is 21.9. The molecule has 1 saturated carbocycles. The van der Waals surface area contributed by atoms with Gasteiger partial charge in [-0.3, -0.25) is 9.59 Å². The molecule has 0 spiro atoms. The molecule has 5 rings (SSSR count). The minimum absolute atomic E-state index is 0.0161. The van der Waals surface area contributed by atoms with Gasteiger partial charge in [0.05, 0.1) is 24.9 Å². The van der Waals surface area contributed by atoms with Crippen molar-refractivity contribution in [3.8, 4) is 0 Å². The summed E-state index contributed by atoms with van der Waals surface area (Å²) in [4.78, 5) is 28.9. The Kier molecular flexibility index (Phi) is 5.07. The second kappa shape index (κ2) is 7.80. The highest BCUT2D eigenvalue weighted by Crippen LogP contribution is 2.35. The molecular formula is C25H28FN3O3. The molecule has 1 N–H and O–H groups in total. The van der Waals surface area contributed by atoms with Crippen molar-refractivity contribution < 1.29 is 18.4 Å². The lowest BCUT2D eigenvalue weighted by molar-refractivity contribution is -0.134. The molecular weight excluding hydrogens is 409 g/mol. The first-order chi connectivity index (χ1) is 15.4. The molecule has 0 unspecified atom stereocenters. The van der Waals surface area contributed by atoms with E-state index < -0.39 is 11.4 Å². The Bertz CT molecular complexity index is 1180. The number of hydrogen-bond acceptors (Lipinski definition) is 3. The van der Waals surface area contributed by atoms with Gasteiger partial charge in [-0.15, -0.1) is 0 Å². The van der Waals surface area contributed by atoms with Gasteiger partial charge in [-0.2, -0.15) is 0 Å². The van der Waals surface area contributed by atoms with Crippen LogP contribution in [-0.2, 0) is 17.9 Å². The quantitative estimate of drug-likeness (QED) is 0.654. The maximum absolute atomic E-state index is 14.5. The molecule has 3 heterocycles. The van der Waals surface area contributed by atoms with E-state index in [1.54, 1.807) is 43.5 Å². The second-order valence-corrected chi connectivity index (χ2v) is 9.38. The Hall–Kier alpha value is -3.09. The van der Waals surface area contributed by atoms with E-state index in [9.17, 15) is 14.0 Å². The van der Waals surface area contributed by atoms with Crippen molar-refractivity contribution in [1.29, 1.82) is 0 Å². The molecule has 1 aliphatic heterocycles. The minimum Gasteiger partial charge on any atom is -0.463 e. The fraction of sp³-hybridized carbons (Fsp3) is 0.440. The second-order valence-electron chi connectivity index (χ2n) is 9.38. The highest BCUT2D eigenvalue weighted by atomic mass is 19.1. The van der Waals surface area contributed by atoms with E-state index >= 15 is 0 Å². The predicted molar refractivity (Wildman–Crippen MR) is 118 cm³/mol. The molecule has 2 aromatic heterocycles. The van der Waals surface area contributed by atoms with Gasteiger partial charge >= 0.3 is 0 Å². The number of aromatic nitrogens is 1. The van der Waals surface area contributed by atoms with E-state index in [0.717, 1.165) is 24.8 Å². The number of furan rings is 1. The van der Waals surface area contributed by atoms with Crippen molar-refractivity contribution >= 4 is 22.9 Å². The van der Waals surface area contributed by atoms with Gasteiger partial charge in [0.1, 0.15) is 17.1 Å². The average molecular weight is 438 g/mol. The van der Waals surface area contributed by atoms with Crippen molar-refractivity contribution in [1.82, 2.24) is 14.8 Å². The molecule has 0 radical (unpaired) electrons. The largest absolute Gasteiger partial charge is 0.463 e. The summed E-state index contributed by atoms with van der Waals surface area (Å²) in [5, 5.41) is 3.23.